The van der Waals surface area contributed by atoms with E-state index in [0.717, 1.165) is 21.7 Å². The number of rotatable bonds is 2. The highest BCUT2D eigenvalue weighted by molar-refractivity contribution is 6.34. The number of hydrogen-bond donors (Lipinski definition) is 0. The van der Waals surface area contributed by atoms with Crippen LogP contribution in [0.3, 0.4) is 0 Å². The van der Waals surface area contributed by atoms with Gasteiger partial charge in [-0.3, -0.25) is 0 Å². The van der Waals surface area contributed by atoms with Crippen LogP contribution in [0.2, 0.25) is 0 Å². The predicted molar refractivity (Wildman–Crippen MR) is 76.8 cm³/mol. The van der Waals surface area contributed by atoms with E-state index in [0.29, 0.717) is 0 Å². The fraction of sp³-hybridized carbons (Fsp3) is 0.571. The average Bonchev–Trinajstić information content (AvgIpc) is 2.05. The zero-order valence-electron chi connectivity index (χ0n) is 12.0. The Morgan fingerprint density at radius 2 is 1.41 bits per heavy atom. The van der Waals surface area contributed by atoms with Crippen LogP contribution in [0.15, 0.2) is 18.2 Å². The SMILES string of the molecule is CC(C)(C)Oc1ccc([SiH3])c(OC(C)(C)C)c1. The maximum Gasteiger partial charge on any atom is 0.123 e. The maximum atomic E-state index is 5.94. The Morgan fingerprint density at radius 1 is 0.882 bits per heavy atom. The molecule has 3 heteroatoms. The largest absolute Gasteiger partial charge is 0.488 e. The molecule has 0 aliphatic carbocycles. The van der Waals surface area contributed by atoms with Crippen molar-refractivity contribution in [2.24, 2.45) is 0 Å². The van der Waals surface area contributed by atoms with E-state index < -0.39 is 0 Å². The minimum Gasteiger partial charge on any atom is -0.488 e. The van der Waals surface area contributed by atoms with Gasteiger partial charge in [-0.05, 0) is 52.8 Å². The maximum absolute atomic E-state index is 5.94. The number of ether oxygens (including phenoxy) is 2. The van der Waals surface area contributed by atoms with Crippen LogP contribution in [0.4, 0.5) is 0 Å². The topological polar surface area (TPSA) is 18.5 Å². The van der Waals surface area contributed by atoms with E-state index in [9.17, 15) is 0 Å². The molecular weight excluding hydrogens is 228 g/mol. The van der Waals surface area contributed by atoms with Crippen LogP contribution in [0, 0.1) is 0 Å². The Labute approximate surface area is 108 Å². The van der Waals surface area contributed by atoms with E-state index >= 15 is 0 Å². The lowest BCUT2D eigenvalue weighted by molar-refractivity contribution is 0.122. The summed E-state index contributed by atoms with van der Waals surface area (Å²) in [6.45, 7) is 12.3. The predicted octanol–water partition coefficient (Wildman–Crippen LogP) is 2.03. The van der Waals surface area contributed by atoms with E-state index in [4.69, 9.17) is 9.47 Å². The molecule has 0 aromatic heterocycles. The second kappa shape index (κ2) is 4.73. The quantitative estimate of drug-likeness (QED) is 0.750. The summed E-state index contributed by atoms with van der Waals surface area (Å²) in [6, 6.07) is 6.11. The van der Waals surface area contributed by atoms with Crippen molar-refractivity contribution < 1.29 is 9.47 Å². The van der Waals surface area contributed by atoms with E-state index in [-0.39, 0.29) is 11.2 Å². The molecular formula is C14H24O2Si. The Bertz CT molecular complexity index is 386. The first-order chi connectivity index (χ1) is 7.57. The summed E-state index contributed by atoms with van der Waals surface area (Å²) in [5.41, 5.74) is -0.342. The van der Waals surface area contributed by atoms with Gasteiger partial charge in [-0.25, -0.2) is 0 Å². The first-order valence-corrected chi connectivity index (χ1v) is 7.05. The minimum atomic E-state index is -0.175. The van der Waals surface area contributed by atoms with Gasteiger partial charge in [0.15, 0.2) is 0 Å². The summed E-state index contributed by atoms with van der Waals surface area (Å²) in [6.07, 6.45) is 0. The van der Waals surface area contributed by atoms with Gasteiger partial charge >= 0.3 is 0 Å². The van der Waals surface area contributed by atoms with E-state index in [2.05, 4.69) is 26.8 Å². The Hall–Kier alpha value is -0.963. The molecule has 96 valence electrons. The molecule has 1 aromatic carbocycles. The van der Waals surface area contributed by atoms with Crippen LogP contribution in [0.5, 0.6) is 11.5 Å². The van der Waals surface area contributed by atoms with Crippen LogP contribution < -0.4 is 14.7 Å². The first-order valence-electron chi connectivity index (χ1n) is 6.05. The van der Waals surface area contributed by atoms with Crippen molar-refractivity contribution in [1.29, 1.82) is 0 Å². The average molecular weight is 252 g/mol. The van der Waals surface area contributed by atoms with Crippen molar-refractivity contribution in [3.05, 3.63) is 18.2 Å². The smallest absolute Gasteiger partial charge is 0.123 e. The summed E-state index contributed by atoms with van der Waals surface area (Å²) in [7, 11) is 0.978. The Morgan fingerprint density at radius 3 is 1.88 bits per heavy atom. The minimum absolute atomic E-state index is 0.167. The zero-order chi connectivity index (χ0) is 13.3. The molecule has 0 saturated carbocycles. The fourth-order valence-corrected chi connectivity index (χ4v) is 1.85. The lowest BCUT2D eigenvalue weighted by atomic mass is 10.2. The molecule has 0 unspecified atom stereocenters. The summed E-state index contributed by atoms with van der Waals surface area (Å²) in [4.78, 5) is 0. The van der Waals surface area contributed by atoms with Crippen LogP contribution in [-0.2, 0) is 0 Å². The van der Waals surface area contributed by atoms with Gasteiger partial charge in [0.05, 0.1) is 0 Å². The summed E-state index contributed by atoms with van der Waals surface area (Å²) in [5.74, 6) is 1.82. The molecule has 0 N–H and O–H groups in total. The van der Waals surface area contributed by atoms with Gasteiger partial charge in [-0.1, -0.05) is 6.07 Å². The molecule has 1 aromatic rings. The Kier molecular flexibility index (Phi) is 3.92. The highest BCUT2D eigenvalue weighted by Gasteiger charge is 2.16. The van der Waals surface area contributed by atoms with E-state index in [1.807, 2.05) is 32.9 Å². The van der Waals surface area contributed by atoms with Crippen LogP contribution in [0.1, 0.15) is 41.5 Å². The lowest BCUT2D eigenvalue weighted by Gasteiger charge is -2.25. The normalized spacial score (nSPS) is 12.6. The fourth-order valence-electron chi connectivity index (χ4n) is 1.44. The standard InChI is InChI=1S/C14H24O2Si/c1-13(2,3)15-10-7-8-12(17)11(9-10)16-14(4,5)6/h7-9H,1-6,17H3. The second-order valence-corrected chi connectivity index (χ2v) is 7.43. The van der Waals surface area contributed by atoms with Gasteiger partial charge < -0.3 is 9.47 Å². The molecule has 0 aliphatic heterocycles. The van der Waals surface area contributed by atoms with Crippen molar-refractivity contribution in [2.45, 2.75) is 52.7 Å². The molecule has 0 amide bonds. The van der Waals surface area contributed by atoms with Crippen LogP contribution in [0.25, 0.3) is 0 Å². The third-order valence-corrected chi connectivity index (χ3v) is 2.83. The molecule has 0 heterocycles. The molecule has 0 aliphatic rings. The van der Waals surface area contributed by atoms with Crippen LogP contribution in [-0.4, -0.2) is 21.4 Å². The summed E-state index contributed by atoms with van der Waals surface area (Å²) < 4.78 is 11.8. The molecule has 0 atom stereocenters. The van der Waals surface area contributed by atoms with Crippen molar-refractivity contribution in [3.63, 3.8) is 0 Å². The van der Waals surface area contributed by atoms with Crippen molar-refractivity contribution in [1.82, 2.24) is 0 Å². The van der Waals surface area contributed by atoms with Gasteiger partial charge in [0.2, 0.25) is 0 Å². The highest BCUT2D eigenvalue weighted by Crippen LogP contribution is 2.24. The van der Waals surface area contributed by atoms with Gasteiger partial charge in [0, 0.05) is 16.3 Å². The van der Waals surface area contributed by atoms with Crippen molar-refractivity contribution in [3.8, 4) is 11.5 Å². The monoisotopic (exact) mass is 252 g/mol. The van der Waals surface area contributed by atoms with Gasteiger partial charge in [-0.2, -0.15) is 0 Å². The van der Waals surface area contributed by atoms with E-state index in [1.165, 1.54) is 5.19 Å². The zero-order valence-corrected chi connectivity index (χ0v) is 14.0. The number of hydrogen-bond acceptors (Lipinski definition) is 2. The summed E-state index contributed by atoms with van der Waals surface area (Å²) in [5, 5.41) is 1.26. The number of benzene rings is 1. The van der Waals surface area contributed by atoms with Gasteiger partial charge in [-0.15, -0.1) is 0 Å². The van der Waals surface area contributed by atoms with Gasteiger partial charge in [0.25, 0.3) is 0 Å². The molecule has 2 nitrogen and oxygen atoms in total. The molecule has 0 saturated heterocycles. The highest BCUT2D eigenvalue weighted by atomic mass is 28.1. The Balaban J connectivity index is 2.95. The molecule has 17 heavy (non-hydrogen) atoms. The molecule has 0 fully saturated rings. The third-order valence-electron chi connectivity index (χ3n) is 2.00. The lowest BCUT2D eigenvalue weighted by Crippen LogP contribution is -2.27. The second-order valence-electron chi connectivity index (χ2n) is 6.36. The molecule has 0 radical (unpaired) electrons. The van der Waals surface area contributed by atoms with Crippen molar-refractivity contribution >= 4 is 15.4 Å². The summed E-state index contributed by atoms with van der Waals surface area (Å²) >= 11 is 0. The molecule has 0 bridgehead atoms. The van der Waals surface area contributed by atoms with E-state index in [1.54, 1.807) is 0 Å². The van der Waals surface area contributed by atoms with Gasteiger partial charge in [0.1, 0.15) is 22.7 Å². The van der Waals surface area contributed by atoms with Crippen molar-refractivity contribution in [2.75, 3.05) is 0 Å². The molecule has 1 rings (SSSR count). The first kappa shape index (κ1) is 14.1. The third kappa shape index (κ3) is 5.26. The molecule has 0 spiro atoms. The van der Waals surface area contributed by atoms with Crippen LogP contribution >= 0.6 is 0 Å².